The van der Waals surface area contributed by atoms with Crippen LogP contribution in [0.15, 0.2) is 52.1 Å². The van der Waals surface area contributed by atoms with Crippen LogP contribution in [0.3, 0.4) is 0 Å². The minimum Gasteiger partial charge on any atom is -0.468 e. The third-order valence-electron chi connectivity index (χ3n) is 5.30. The summed E-state index contributed by atoms with van der Waals surface area (Å²) in [6, 6.07) is 11.7. The van der Waals surface area contributed by atoms with Crippen LogP contribution in [-0.4, -0.2) is 56.7 Å². The number of aliphatic imine (C=N–C) groups is 1. The van der Waals surface area contributed by atoms with Crippen LogP contribution in [0.5, 0.6) is 0 Å². The highest BCUT2D eigenvalue weighted by atomic mass is 127. The molecular formula is C23H33IN4O3. The molecule has 1 aromatic carbocycles. The summed E-state index contributed by atoms with van der Waals surface area (Å²) >= 11 is 0. The molecule has 1 unspecified atom stereocenters. The maximum atomic E-state index is 11.5. The Bertz CT molecular complexity index is 803. The molecule has 2 aromatic rings. The Hall–Kier alpha value is -2.07. The van der Waals surface area contributed by atoms with Gasteiger partial charge in [-0.3, -0.25) is 9.89 Å². The van der Waals surface area contributed by atoms with Gasteiger partial charge in [-0.2, -0.15) is 0 Å². The molecule has 0 saturated carbocycles. The van der Waals surface area contributed by atoms with Crippen LogP contribution in [0.2, 0.25) is 0 Å². The second kappa shape index (κ2) is 13.4. The fraction of sp³-hybridized carbons (Fsp3) is 0.478. The molecule has 3 rings (SSSR count). The molecule has 1 fully saturated rings. The summed E-state index contributed by atoms with van der Waals surface area (Å²) in [5.41, 5.74) is 1.71. The van der Waals surface area contributed by atoms with E-state index in [0.717, 1.165) is 49.9 Å². The lowest BCUT2D eigenvalue weighted by atomic mass is 10.1. The van der Waals surface area contributed by atoms with Crippen LogP contribution in [0.1, 0.15) is 47.5 Å². The van der Waals surface area contributed by atoms with Gasteiger partial charge in [0.05, 0.1) is 31.5 Å². The number of esters is 1. The number of guanidine groups is 1. The normalized spacial score (nSPS) is 15.2. The second-order valence-electron chi connectivity index (χ2n) is 7.36. The van der Waals surface area contributed by atoms with Gasteiger partial charge in [-0.15, -0.1) is 24.0 Å². The Morgan fingerprint density at radius 2 is 1.94 bits per heavy atom. The van der Waals surface area contributed by atoms with Gasteiger partial charge in [0.2, 0.25) is 0 Å². The van der Waals surface area contributed by atoms with Crippen molar-refractivity contribution >= 4 is 35.9 Å². The van der Waals surface area contributed by atoms with E-state index in [2.05, 4.69) is 22.5 Å². The lowest BCUT2D eigenvalue weighted by molar-refractivity contribution is 0.0600. The SMILES string of the molecule is CCNC(=NCC(c1ccco1)N1CCCC1)NCCc1ccc(C(=O)OC)cc1.I. The summed E-state index contributed by atoms with van der Waals surface area (Å²) in [5.74, 6) is 1.46. The van der Waals surface area contributed by atoms with E-state index in [0.29, 0.717) is 12.1 Å². The van der Waals surface area contributed by atoms with Crippen molar-refractivity contribution < 1.29 is 13.9 Å². The molecule has 1 saturated heterocycles. The largest absolute Gasteiger partial charge is 0.468 e. The van der Waals surface area contributed by atoms with Gasteiger partial charge in [0.15, 0.2) is 5.96 Å². The second-order valence-corrected chi connectivity index (χ2v) is 7.36. The van der Waals surface area contributed by atoms with Crippen LogP contribution in [0, 0.1) is 0 Å². The molecule has 1 aliphatic rings. The summed E-state index contributed by atoms with van der Waals surface area (Å²) in [6.07, 6.45) is 5.03. The predicted octanol–water partition coefficient (Wildman–Crippen LogP) is 3.62. The van der Waals surface area contributed by atoms with E-state index < -0.39 is 0 Å². The minimum atomic E-state index is -0.314. The van der Waals surface area contributed by atoms with Gasteiger partial charge >= 0.3 is 5.97 Å². The number of carbonyl (C=O) groups excluding carboxylic acids is 1. The highest BCUT2D eigenvalue weighted by Crippen LogP contribution is 2.25. The molecular weight excluding hydrogens is 507 g/mol. The summed E-state index contributed by atoms with van der Waals surface area (Å²) in [5, 5.41) is 6.73. The summed E-state index contributed by atoms with van der Waals surface area (Å²) < 4.78 is 10.4. The van der Waals surface area contributed by atoms with Crippen LogP contribution in [-0.2, 0) is 11.2 Å². The lowest BCUT2D eigenvalue weighted by Crippen LogP contribution is -2.39. The van der Waals surface area contributed by atoms with E-state index in [1.165, 1.54) is 20.0 Å². The van der Waals surface area contributed by atoms with E-state index in [4.69, 9.17) is 14.1 Å². The number of rotatable bonds is 9. The maximum absolute atomic E-state index is 11.5. The Morgan fingerprint density at radius 1 is 1.19 bits per heavy atom. The molecule has 0 spiro atoms. The van der Waals surface area contributed by atoms with Crippen molar-refractivity contribution in [2.24, 2.45) is 4.99 Å². The summed E-state index contributed by atoms with van der Waals surface area (Å²) in [4.78, 5) is 18.8. The number of furan rings is 1. The lowest BCUT2D eigenvalue weighted by Gasteiger charge is -2.24. The van der Waals surface area contributed by atoms with Crippen molar-refractivity contribution in [2.75, 3.05) is 39.8 Å². The van der Waals surface area contributed by atoms with Gasteiger partial charge in [0, 0.05) is 13.1 Å². The van der Waals surface area contributed by atoms with Crippen molar-refractivity contribution in [3.63, 3.8) is 0 Å². The zero-order chi connectivity index (χ0) is 21.2. The fourth-order valence-corrected chi connectivity index (χ4v) is 3.69. The number of carbonyl (C=O) groups is 1. The fourth-order valence-electron chi connectivity index (χ4n) is 3.69. The molecule has 1 aromatic heterocycles. The number of benzene rings is 1. The van der Waals surface area contributed by atoms with Crippen molar-refractivity contribution in [1.29, 1.82) is 0 Å². The van der Waals surface area contributed by atoms with Crippen molar-refractivity contribution in [2.45, 2.75) is 32.2 Å². The van der Waals surface area contributed by atoms with Crippen LogP contribution in [0.25, 0.3) is 0 Å². The Balaban J connectivity index is 0.00000341. The van der Waals surface area contributed by atoms with Crippen LogP contribution in [0.4, 0.5) is 0 Å². The zero-order valence-electron chi connectivity index (χ0n) is 18.3. The molecule has 0 amide bonds. The molecule has 0 radical (unpaired) electrons. The summed E-state index contributed by atoms with van der Waals surface area (Å²) in [7, 11) is 1.39. The number of hydrogen-bond donors (Lipinski definition) is 2. The topological polar surface area (TPSA) is 79.1 Å². The molecule has 0 bridgehead atoms. The third kappa shape index (κ3) is 7.53. The quantitative estimate of drug-likeness (QED) is 0.219. The van der Waals surface area contributed by atoms with E-state index >= 15 is 0 Å². The van der Waals surface area contributed by atoms with E-state index in [1.807, 2.05) is 24.3 Å². The molecule has 7 nitrogen and oxygen atoms in total. The molecule has 1 aliphatic heterocycles. The Morgan fingerprint density at radius 3 is 2.55 bits per heavy atom. The average molecular weight is 540 g/mol. The van der Waals surface area contributed by atoms with Gasteiger partial charge in [0.25, 0.3) is 0 Å². The predicted molar refractivity (Wildman–Crippen MR) is 133 cm³/mol. The van der Waals surface area contributed by atoms with Crippen LogP contribution >= 0.6 is 24.0 Å². The molecule has 1 atom stereocenters. The number of methoxy groups -OCH3 is 1. The summed E-state index contributed by atoms with van der Waals surface area (Å²) in [6.45, 7) is 6.44. The van der Waals surface area contributed by atoms with Crippen molar-refractivity contribution in [3.05, 3.63) is 59.5 Å². The number of nitrogens with zero attached hydrogens (tertiary/aromatic N) is 2. The molecule has 31 heavy (non-hydrogen) atoms. The van der Waals surface area contributed by atoms with Gasteiger partial charge in [-0.25, -0.2) is 4.79 Å². The Labute approximate surface area is 201 Å². The molecule has 8 heteroatoms. The van der Waals surface area contributed by atoms with Gasteiger partial charge in [0.1, 0.15) is 5.76 Å². The van der Waals surface area contributed by atoms with E-state index in [9.17, 15) is 4.79 Å². The number of halogens is 1. The monoisotopic (exact) mass is 540 g/mol. The van der Waals surface area contributed by atoms with E-state index in [-0.39, 0.29) is 36.0 Å². The van der Waals surface area contributed by atoms with Crippen molar-refractivity contribution in [1.82, 2.24) is 15.5 Å². The molecule has 170 valence electrons. The first-order valence-corrected chi connectivity index (χ1v) is 10.7. The molecule has 0 aliphatic carbocycles. The zero-order valence-corrected chi connectivity index (χ0v) is 20.6. The number of likely N-dealkylation sites (tertiary alicyclic amines) is 1. The van der Waals surface area contributed by atoms with E-state index in [1.54, 1.807) is 18.4 Å². The first-order valence-electron chi connectivity index (χ1n) is 10.7. The molecule has 2 heterocycles. The van der Waals surface area contributed by atoms with Gasteiger partial charge in [-0.1, -0.05) is 12.1 Å². The van der Waals surface area contributed by atoms with Gasteiger partial charge < -0.3 is 19.8 Å². The first-order chi connectivity index (χ1) is 14.7. The third-order valence-corrected chi connectivity index (χ3v) is 5.30. The smallest absolute Gasteiger partial charge is 0.337 e. The number of nitrogens with one attached hydrogen (secondary N) is 2. The first kappa shape index (κ1) is 25.2. The number of hydrogen-bond acceptors (Lipinski definition) is 5. The highest BCUT2D eigenvalue weighted by molar-refractivity contribution is 14.0. The van der Waals surface area contributed by atoms with Gasteiger partial charge in [-0.05, 0) is 69.1 Å². The highest BCUT2D eigenvalue weighted by Gasteiger charge is 2.25. The number of ether oxygens (including phenoxy) is 1. The molecule has 2 N–H and O–H groups in total. The average Bonchev–Trinajstić information content (AvgIpc) is 3.49. The van der Waals surface area contributed by atoms with Crippen LogP contribution < -0.4 is 10.6 Å². The maximum Gasteiger partial charge on any atom is 0.337 e. The minimum absolute atomic E-state index is 0. The van der Waals surface area contributed by atoms with Crippen molar-refractivity contribution in [3.8, 4) is 0 Å². The Kier molecular flexibility index (Phi) is 10.9. The standard InChI is InChI=1S/C23H32N4O3.HI/c1-3-24-23(25-13-12-18-8-10-19(11-9-18)22(28)29-2)26-17-20(21-7-6-16-30-21)27-14-4-5-15-27;/h6-11,16,20H,3-5,12-15,17H2,1-2H3,(H2,24,25,26);1H.